The van der Waals surface area contributed by atoms with Crippen molar-refractivity contribution in [2.24, 2.45) is 0 Å². The summed E-state index contributed by atoms with van der Waals surface area (Å²) in [5.74, 6) is -0.789. The molecule has 2 heterocycles. The zero-order valence-electron chi connectivity index (χ0n) is 19.0. The van der Waals surface area contributed by atoms with E-state index in [0.29, 0.717) is 32.8 Å². The Kier molecular flexibility index (Phi) is 7.32. The van der Waals surface area contributed by atoms with Crippen molar-refractivity contribution in [1.82, 2.24) is 10.2 Å². The molecule has 2 atom stereocenters. The number of rotatable bonds is 9. The van der Waals surface area contributed by atoms with Gasteiger partial charge in [0.1, 0.15) is 11.9 Å². The fourth-order valence-electron chi connectivity index (χ4n) is 4.32. The summed E-state index contributed by atoms with van der Waals surface area (Å²) in [6.45, 7) is 2.21. The van der Waals surface area contributed by atoms with E-state index in [1.54, 1.807) is 36.4 Å². The number of halogens is 2. The summed E-state index contributed by atoms with van der Waals surface area (Å²) in [6.07, 6.45) is 3.34. The average Bonchev–Trinajstić information content (AvgIpc) is 3.32. The normalized spacial score (nSPS) is 17.9. The number of carbonyl (C=O) groups excluding carboxylic acids is 2. The number of hydrogen-bond acceptors (Lipinski definition) is 6. The number of fused-ring (bicyclic) bond motifs is 1. The highest BCUT2D eigenvalue weighted by atomic mass is 35.5. The summed E-state index contributed by atoms with van der Waals surface area (Å²) >= 11 is 13.7. The highest BCUT2D eigenvalue weighted by Gasteiger charge is 2.30. The third kappa shape index (κ3) is 5.81. The topological polar surface area (TPSA) is 78.9 Å². The number of amides is 1. The Hall–Kier alpha value is -2.16. The maximum absolute atomic E-state index is 13.0. The number of ketones is 1. The van der Waals surface area contributed by atoms with E-state index in [4.69, 9.17) is 27.9 Å². The number of hydrogen-bond donors (Lipinski definition) is 2. The van der Waals surface area contributed by atoms with Crippen LogP contribution in [0.15, 0.2) is 42.5 Å². The standard InChI is InChI=1S/C26H26Cl2N2O4S/c27-17-5-3-15-12-23(35-22(15)13-17)25(32)26(33)29-20(14-30-9-1-2-10-30)24(31)16-4-8-21(19(28)11-16)34-18-6-7-18/h3-5,8,11-13,18,20,24,31H,1-2,6-7,9-10,14H2,(H,29,33). The third-order valence-corrected chi connectivity index (χ3v) is 8.01. The summed E-state index contributed by atoms with van der Waals surface area (Å²) in [7, 11) is 0. The lowest BCUT2D eigenvalue weighted by Crippen LogP contribution is -2.48. The van der Waals surface area contributed by atoms with Crippen LogP contribution in [0, 0.1) is 0 Å². The monoisotopic (exact) mass is 532 g/mol. The molecule has 35 heavy (non-hydrogen) atoms. The molecule has 0 bridgehead atoms. The van der Waals surface area contributed by atoms with Crippen LogP contribution in [0.5, 0.6) is 5.75 Å². The lowest BCUT2D eigenvalue weighted by Gasteiger charge is -2.28. The summed E-state index contributed by atoms with van der Waals surface area (Å²) in [5, 5.41) is 15.9. The maximum atomic E-state index is 13.0. The number of Topliss-reactive ketones (excluding diaryl/α,β-unsaturated/α-hetero) is 1. The number of nitrogens with zero attached hydrogens (tertiary/aromatic N) is 1. The first kappa shape index (κ1) is 24.5. The van der Waals surface area contributed by atoms with Crippen LogP contribution in [-0.4, -0.2) is 53.5 Å². The van der Waals surface area contributed by atoms with Gasteiger partial charge in [0.2, 0.25) is 0 Å². The van der Waals surface area contributed by atoms with Gasteiger partial charge < -0.3 is 20.1 Å². The van der Waals surface area contributed by atoms with E-state index in [1.165, 1.54) is 11.3 Å². The van der Waals surface area contributed by atoms with Crippen LogP contribution in [-0.2, 0) is 4.79 Å². The quantitative estimate of drug-likeness (QED) is 0.290. The Labute approximate surface area is 217 Å². The Bertz CT molecular complexity index is 1250. The van der Waals surface area contributed by atoms with E-state index >= 15 is 0 Å². The molecular formula is C26H26Cl2N2O4S. The zero-order valence-corrected chi connectivity index (χ0v) is 21.3. The first-order valence-electron chi connectivity index (χ1n) is 11.8. The molecule has 1 aromatic heterocycles. The van der Waals surface area contributed by atoms with Gasteiger partial charge in [0, 0.05) is 16.3 Å². The molecule has 5 rings (SSSR count). The largest absolute Gasteiger partial charge is 0.489 e. The highest BCUT2D eigenvalue weighted by molar-refractivity contribution is 7.21. The van der Waals surface area contributed by atoms with Crippen molar-refractivity contribution < 1.29 is 19.4 Å². The second-order valence-electron chi connectivity index (χ2n) is 9.16. The van der Waals surface area contributed by atoms with Crippen LogP contribution in [0.1, 0.15) is 47.0 Å². The first-order chi connectivity index (χ1) is 16.9. The summed E-state index contributed by atoms with van der Waals surface area (Å²) in [6, 6.07) is 11.5. The molecule has 6 nitrogen and oxygen atoms in total. The molecule has 2 fully saturated rings. The van der Waals surface area contributed by atoms with Crippen molar-refractivity contribution in [3.63, 3.8) is 0 Å². The van der Waals surface area contributed by atoms with Crippen molar-refractivity contribution in [2.45, 2.75) is 43.9 Å². The van der Waals surface area contributed by atoms with Crippen molar-refractivity contribution >= 4 is 56.3 Å². The molecule has 1 saturated heterocycles. The molecule has 1 aliphatic carbocycles. The van der Waals surface area contributed by atoms with Crippen LogP contribution in [0.2, 0.25) is 10.0 Å². The average molecular weight is 533 g/mol. The van der Waals surface area contributed by atoms with Gasteiger partial charge in [0.15, 0.2) is 0 Å². The molecule has 1 amide bonds. The van der Waals surface area contributed by atoms with E-state index in [9.17, 15) is 14.7 Å². The molecule has 3 aromatic rings. The van der Waals surface area contributed by atoms with Gasteiger partial charge in [-0.3, -0.25) is 9.59 Å². The minimum absolute atomic E-state index is 0.210. The van der Waals surface area contributed by atoms with Crippen LogP contribution in [0.4, 0.5) is 0 Å². The van der Waals surface area contributed by atoms with E-state index in [0.717, 1.165) is 48.9 Å². The number of benzene rings is 2. The number of ether oxygens (including phenoxy) is 1. The summed E-state index contributed by atoms with van der Waals surface area (Å²) in [5.41, 5.74) is 0.562. The minimum Gasteiger partial charge on any atom is -0.489 e. The van der Waals surface area contributed by atoms with E-state index in [1.807, 2.05) is 6.07 Å². The van der Waals surface area contributed by atoms with Crippen LogP contribution in [0.3, 0.4) is 0 Å². The molecule has 2 unspecified atom stereocenters. The van der Waals surface area contributed by atoms with Crippen molar-refractivity contribution in [2.75, 3.05) is 19.6 Å². The van der Waals surface area contributed by atoms with E-state index in [-0.39, 0.29) is 6.10 Å². The molecule has 0 spiro atoms. The Morgan fingerprint density at radius 2 is 1.89 bits per heavy atom. The molecule has 2 N–H and O–H groups in total. The van der Waals surface area contributed by atoms with Gasteiger partial charge >= 0.3 is 0 Å². The zero-order chi connectivity index (χ0) is 24.5. The number of likely N-dealkylation sites (tertiary alicyclic amines) is 1. The van der Waals surface area contributed by atoms with Gasteiger partial charge in [-0.1, -0.05) is 35.3 Å². The molecule has 2 aliphatic rings. The SMILES string of the molecule is O=C(NC(CN1CCCC1)C(O)c1ccc(OC2CC2)c(Cl)c1)C(=O)c1cc2ccc(Cl)cc2s1. The molecule has 9 heteroatoms. The Balaban J connectivity index is 1.34. The van der Waals surface area contributed by atoms with Gasteiger partial charge in [-0.25, -0.2) is 0 Å². The third-order valence-electron chi connectivity index (χ3n) is 6.38. The minimum atomic E-state index is -1.04. The summed E-state index contributed by atoms with van der Waals surface area (Å²) < 4.78 is 6.63. The molecule has 184 valence electrons. The van der Waals surface area contributed by atoms with Crippen molar-refractivity contribution in [3.8, 4) is 5.75 Å². The smallest absolute Gasteiger partial charge is 0.293 e. The van der Waals surface area contributed by atoms with Gasteiger partial charge in [-0.2, -0.15) is 0 Å². The number of aliphatic hydroxyl groups is 1. The van der Waals surface area contributed by atoms with Crippen LogP contribution >= 0.6 is 34.5 Å². The van der Waals surface area contributed by atoms with Crippen molar-refractivity contribution in [1.29, 1.82) is 0 Å². The molecule has 1 saturated carbocycles. The second kappa shape index (κ2) is 10.4. The number of nitrogens with one attached hydrogen (secondary N) is 1. The first-order valence-corrected chi connectivity index (χ1v) is 13.4. The lowest BCUT2D eigenvalue weighted by molar-refractivity contribution is -0.118. The van der Waals surface area contributed by atoms with E-state index in [2.05, 4.69) is 10.2 Å². The predicted molar refractivity (Wildman–Crippen MR) is 139 cm³/mol. The Morgan fingerprint density at radius 1 is 1.11 bits per heavy atom. The summed E-state index contributed by atoms with van der Waals surface area (Å²) in [4.78, 5) is 28.5. The highest BCUT2D eigenvalue weighted by Crippen LogP contribution is 2.34. The molecule has 2 aromatic carbocycles. The Morgan fingerprint density at radius 3 is 2.60 bits per heavy atom. The van der Waals surface area contributed by atoms with Crippen LogP contribution < -0.4 is 10.1 Å². The van der Waals surface area contributed by atoms with E-state index < -0.39 is 23.8 Å². The number of carbonyl (C=O) groups is 2. The van der Waals surface area contributed by atoms with Gasteiger partial charge in [-0.15, -0.1) is 11.3 Å². The lowest BCUT2D eigenvalue weighted by atomic mass is 10.0. The van der Waals surface area contributed by atoms with Gasteiger partial charge in [-0.05, 0) is 80.1 Å². The maximum Gasteiger partial charge on any atom is 0.293 e. The number of aliphatic hydroxyl groups excluding tert-OH is 1. The van der Waals surface area contributed by atoms with Crippen LogP contribution in [0.25, 0.3) is 10.1 Å². The second-order valence-corrected chi connectivity index (χ2v) is 11.1. The molecular weight excluding hydrogens is 507 g/mol. The fourth-order valence-corrected chi connectivity index (χ4v) is 5.83. The predicted octanol–water partition coefficient (Wildman–Crippen LogP) is 5.25. The number of thiophene rings is 1. The molecule has 0 radical (unpaired) electrons. The van der Waals surface area contributed by atoms with Gasteiger partial charge in [0.25, 0.3) is 11.7 Å². The fraction of sp³-hybridized carbons (Fsp3) is 0.385. The molecule has 1 aliphatic heterocycles. The van der Waals surface area contributed by atoms with Crippen molar-refractivity contribution in [3.05, 3.63) is 63.0 Å². The van der Waals surface area contributed by atoms with Gasteiger partial charge in [0.05, 0.1) is 22.0 Å².